The number of rotatable bonds is 3. The highest BCUT2D eigenvalue weighted by Gasteiger charge is 2.20. The van der Waals surface area contributed by atoms with Crippen LogP contribution in [0.3, 0.4) is 0 Å². The van der Waals surface area contributed by atoms with Crippen LogP contribution in [0.1, 0.15) is 10.4 Å². The monoisotopic (exact) mass is 344 g/mol. The van der Waals surface area contributed by atoms with Crippen LogP contribution in [-0.4, -0.2) is 25.4 Å². The third-order valence-electron chi connectivity index (χ3n) is 4.01. The number of pyridine rings is 1. The zero-order valence-electron chi connectivity index (χ0n) is 13.4. The number of para-hydroxylation sites is 2. The molecule has 2 heterocycles. The third kappa shape index (κ3) is 2.61. The third-order valence-corrected chi connectivity index (χ3v) is 4.01. The Labute approximate surface area is 147 Å². The van der Waals surface area contributed by atoms with Gasteiger partial charge in [0.25, 0.3) is 11.6 Å². The van der Waals surface area contributed by atoms with E-state index in [1.165, 1.54) is 16.7 Å². The topological polar surface area (TPSA) is 90.9 Å². The maximum Gasteiger partial charge on any atom is 0.270 e. The van der Waals surface area contributed by atoms with Crippen molar-refractivity contribution in [1.82, 2.24) is 14.5 Å². The number of carbonyl (C=O) groups excluding carboxylic acids is 1. The van der Waals surface area contributed by atoms with Gasteiger partial charge in [0.05, 0.1) is 16.0 Å². The molecule has 0 aliphatic rings. The Bertz CT molecular complexity index is 1140. The summed E-state index contributed by atoms with van der Waals surface area (Å²) in [6, 6.07) is 16.6. The number of nitro groups is 1. The molecule has 0 fully saturated rings. The Hall–Kier alpha value is -3.87. The van der Waals surface area contributed by atoms with E-state index >= 15 is 0 Å². The van der Waals surface area contributed by atoms with Crippen LogP contribution in [0.5, 0.6) is 0 Å². The first-order valence-electron chi connectivity index (χ1n) is 7.82. The van der Waals surface area contributed by atoms with E-state index in [4.69, 9.17) is 0 Å². The van der Waals surface area contributed by atoms with E-state index in [2.05, 4.69) is 9.97 Å². The second kappa shape index (κ2) is 6.21. The van der Waals surface area contributed by atoms with E-state index in [0.717, 1.165) is 0 Å². The zero-order valence-corrected chi connectivity index (χ0v) is 13.4. The minimum atomic E-state index is -0.471. The Kier molecular flexibility index (Phi) is 3.74. The van der Waals surface area contributed by atoms with Gasteiger partial charge in [0.1, 0.15) is 5.82 Å². The van der Waals surface area contributed by atoms with E-state index in [-0.39, 0.29) is 11.6 Å². The lowest BCUT2D eigenvalue weighted by Crippen LogP contribution is -2.13. The largest absolute Gasteiger partial charge is 0.270 e. The first-order chi connectivity index (χ1) is 12.6. The van der Waals surface area contributed by atoms with E-state index in [1.54, 1.807) is 48.8 Å². The predicted molar refractivity (Wildman–Crippen MR) is 95.8 cm³/mol. The number of non-ortho nitro benzene ring substituents is 1. The second-order valence-electron chi connectivity index (χ2n) is 5.61. The van der Waals surface area contributed by atoms with E-state index in [1.807, 2.05) is 12.1 Å². The van der Waals surface area contributed by atoms with E-state index in [0.29, 0.717) is 28.0 Å². The minimum Gasteiger partial charge on any atom is -0.268 e. The van der Waals surface area contributed by atoms with Crippen molar-refractivity contribution in [3.8, 4) is 11.4 Å². The van der Waals surface area contributed by atoms with Crippen LogP contribution in [0.15, 0.2) is 73.1 Å². The van der Waals surface area contributed by atoms with Gasteiger partial charge in [-0.25, -0.2) is 4.98 Å². The number of benzene rings is 2. The first kappa shape index (κ1) is 15.6. The summed E-state index contributed by atoms with van der Waals surface area (Å²) in [5, 5.41) is 11.1. The molecule has 0 aliphatic carbocycles. The number of imidazole rings is 1. The predicted octanol–water partition coefficient (Wildman–Crippen LogP) is 3.70. The minimum absolute atomic E-state index is 0.0579. The van der Waals surface area contributed by atoms with Gasteiger partial charge in [-0.3, -0.25) is 24.5 Å². The van der Waals surface area contributed by atoms with Gasteiger partial charge in [-0.15, -0.1) is 0 Å². The lowest BCUT2D eigenvalue weighted by molar-refractivity contribution is -0.384. The fraction of sp³-hybridized carbons (Fsp3) is 0. The van der Waals surface area contributed by atoms with Crippen LogP contribution in [0.4, 0.5) is 5.69 Å². The molecular weight excluding hydrogens is 332 g/mol. The summed E-state index contributed by atoms with van der Waals surface area (Å²) in [5.74, 6) is 0.0827. The van der Waals surface area contributed by atoms with Crippen LogP contribution < -0.4 is 0 Å². The second-order valence-corrected chi connectivity index (χ2v) is 5.61. The Balaban J connectivity index is 1.97. The van der Waals surface area contributed by atoms with Crippen molar-refractivity contribution in [2.75, 3.05) is 0 Å². The number of hydrogen-bond donors (Lipinski definition) is 0. The van der Waals surface area contributed by atoms with Gasteiger partial charge in [-0.1, -0.05) is 24.3 Å². The number of nitro benzene ring substituents is 1. The summed E-state index contributed by atoms with van der Waals surface area (Å²) in [7, 11) is 0. The van der Waals surface area contributed by atoms with Crippen LogP contribution in [0.2, 0.25) is 0 Å². The van der Waals surface area contributed by atoms with Crippen molar-refractivity contribution < 1.29 is 9.72 Å². The molecule has 126 valence electrons. The number of aromatic nitrogens is 3. The van der Waals surface area contributed by atoms with Crippen molar-refractivity contribution >= 4 is 22.6 Å². The quantitative estimate of drug-likeness (QED) is 0.417. The van der Waals surface area contributed by atoms with Gasteiger partial charge in [0.15, 0.2) is 0 Å². The molecule has 7 nitrogen and oxygen atoms in total. The fourth-order valence-electron chi connectivity index (χ4n) is 2.81. The number of hydrogen-bond acceptors (Lipinski definition) is 5. The first-order valence-corrected chi connectivity index (χ1v) is 7.82. The van der Waals surface area contributed by atoms with Crippen molar-refractivity contribution in [3.63, 3.8) is 0 Å². The van der Waals surface area contributed by atoms with Crippen molar-refractivity contribution in [1.29, 1.82) is 0 Å². The summed E-state index contributed by atoms with van der Waals surface area (Å²) in [4.78, 5) is 32.2. The number of fused-ring (bicyclic) bond motifs is 1. The molecule has 0 unspecified atom stereocenters. The van der Waals surface area contributed by atoms with E-state index < -0.39 is 4.92 Å². The molecule has 2 aromatic carbocycles. The van der Waals surface area contributed by atoms with Crippen LogP contribution in [0, 0.1) is 10.1 Å². The number of carbonyl (C=O) groups is 1. The molecule has 26 heavy (non-hydrogen) atoms. The van der Waals surface area contributed by atoms with Gasteiger partial charge < -0.3 is 0 Å². The van der Waals surface area contributed by atoms with Gasteiger partial charge in [0, 0.05) is 35.7 Å². The molecule has 7 heteroatoms. The summed E-state index contributed by atoms with van der Waals surface area (Å²) >= 11 is 0. The highest BCUT2D eigenvalue weighted by atomic mass is 16.6. The normalized spacial score (nSPS) is 10.8. The molecular formula is C19H12N4O3. The maximum absolute atomic E-state index is 13.1. The maximum atomic E-state index is 13.1. The summed E-state index contributed by atoms with van der Waals surface area (Å²) < 4.78 is 1.48. The Morgan fingerprint density at radius 1 is 1.00 bits per heavy atom. The Morgan fingerprint density at radius 3 is 2.54 bits per heavy atom. The molecule has 0 atom stereocenters. The lowest BCUT2D eigenvalue weighted by Gasteiger charge is -2.08. The Morgan fingerprint density at radius 2 is 1.77 bits per heavy atom. The average Bonchev–Trinajstić information content (AvgIpc) is 3.08. The van der Waals surface area contributed by atoms with Gasteiger partial charge >= 0.3 is 0 Å². The van der Waals surface area contributed by atoms with Crippen LogP contribution in [-0.2, 0) is 0 Å². The van der Waals surface area contributed by atoms with Crippen LogP contribution in [0.25, 0.3) is 22.4 Å². The highest BCUT2D eigenvalue weighted by Crippen LogP contribution is 2.28. The summed E-state index contributed by atoms with van der Waals surface area (Å²) in [6.45, 7) is 0. The van der Waals surface area contributed by atoms with Gasteiger partial charge in [-0.05, 0) is 24.3 Å². The molecule has 0 radical (unpaired) electrons. The van der Waals surface area contributed by atoms with Crippen LogP contribution >= 0.6 is 0 Å². The highest BCUT2D eigenvalue weighted by molar-refractivity contribution is 6.04. The summed E-state index contributed by atoms with van der Waals surface area (Å²) in [6.07, 6.45) is 3.08. The molecule has 0 bridgehead atoms. The molecule has 0 aliphatic heterocycles. The molecule has 0 spiro atoms. The molecule has 0 amide bonds. The molecule has 0 saturated carbocycles. The fourth-order valence-corrected chi connectivity index (χ4v) is 2.81. The molecule has 0 saturated heterocycles. The molecule has 4 rings (SSSR count). The SMILES string of the molecule is O=C(c1ccncc1)n1c(-c2cccc([N+](=O)[O-])c2)nc2ccccc21. The summed E-state index contributed by atoms with van der Waals surface area (Å²) in [5.41, 5.74) is 2.16. The zero-order chi connectivity index (χ0) is 18.1. The number of nitrogens with zero attached hydrogens (tertiary/aromatic N) is 4. The molecule has 2 aromatic heterocycles. The van der Waals surface area contributed by atoms with Crippen molar-refractivity contribution in [2.24, 2.45) is 0 Å². The van der Waals surface area contributed by atoms with Crippen molar-refractivity contribution in [2.45, 2.75) is 0 Å². The lowest BCUT2D eigenvalue weighted by atomic mass is 10.1. The van der Waals surface area contributed by atoms with Crippen molar-refractivity contribution in [3.05, 3.63) is 88.7 Å². The van der Waals surface area contributed by atoms with Gasteiger partial charge in [-0.2, -0.15) is 0 Å². The van der Waals surface area contributed by atoms with E-state index in [9.17, 15) is 14.9 Å². The standard InChI is InChI=1S/C19H12N4O3/c24-19(13-8-10-20-11-9-13)22-17-7-2-1-6-16(17)21-18(22)14-4-3-5-15(12-14)23(25)26/h1-12H. The van der Waals surface area contributed by atoms with Gasteiger partial charge in [0.2, 0.25) is 0 Å². The molecule has 0 N–H and O–H groups in total. The molecule has 4 aromatic rings. The smallest absolute Gasteiger partial charge is 0.268 e. The average molecular weight is 344 g/mol.